The zero-order valence-corrected chi connectivity index (χ0v) is 23.9. The highest BCUT2D eigenvalue weighted by Gasteiger charge is 2.57. The fraction of sp³-hybridized carbons (Fsp3) is 0.324. The van der Waals surface area contributed by atoms with Gasteiger partial charge in [0.2, 0.25) is 11.8 Å². The number of carbonyl (C=O) groups is 2. The number of rotatable bonds is 7. The second-order valence-electron chi connectivity index (χ2n) is 11.7. The van der Waals surface area contributed by atoms with Gasteiger partial charge in [0.1, 0.15) is 5.75 Å². The summed E-state index contributed by atoms with van der Waals surface area (Å²) < 4.78 is 6.21. The highest BCUT2D eigenvalue weighted by Crippen LogP contribution is 2.52. The number of phenolic OH excluding ortho intramolecular Hbond substituents is 1. The number of benzene rings is 2. The summed E-state index contributed by atoms with van der Waals surface area (Å²) in [7, 11) is -1.04. The van der Waals surface area contributed by atoms with Gasteiger partial charge in [0, 0.05) is 11.8 Å². The number of hydrogen-bond donors (Lipinski definition) is 2. The molecule has 6 rings (SSSR count). The summed E-state index contributed by atoms with van der Waals surface area (Å²) in [6.45, 7) is 4.24. The molecule has 0 radical (unpaired) electrons. The lowest BCUT2D eigenvalue weighted by Crippen LogP contribution is -2.46. The number of aromatic nitrogens is 1. The van der Waals surface area contributed by atoms with Gasteiger partial charge in [-0.25, -0.2) is 0 Å². The minimum atomic E-state index is -1.04. The van der Waals surface area contributed by atoms with E-state index in [0.717, 1.165) is 22.4 Å². The molecule has 3 aromatic rings. The number of aromatic hydroxyl groups is 1. The molecule has 7 nitrogen and oxygen atoms in total. The van der Waals surface area contributed by atoms with Crippen LogP contribution in [0.15, 0.2) is 90.1 Å². The van der Waals surface area contributed by atoms with E-state index >= 15 is 0 Å². The van der Waals surface area contributed by atoms with E-state index in [0.29, 0.717) is 30.5 Å². The first-order valence-corrected chi connectivity index (χ1v) is 14.7. The summed E-state index contributed by atoms with van der Waals surface area (Å²) >= 11 is 0. The fourth-order valence-corrected chi connectivity index (χ4v) is 6.99. The largest absolute Gasteiger partial charge is 0.507 e. The van der Waals surface area contributed by atoms with E-state index in [1.165, 1.54) is 4.90 Å². The second kappa shape index (κ2) is 11.7. The van der Waals surface area contributed by atoms with Gasteiger partial charge in [-0.15, -0.1) is 0 Å². The van der Waals surface area contributed by atoms with E-state index in [9.17, 15) is 19.7 Å². The minimum Gasteiger partial charge on any atom is -0.507 e. The lowest BCUT2D eigenvalue weighted by Gasteiger charge is -2.44. The normalized spacial score (nSPS) is 24.3. The summed E-state index contributed by atoms with van der Waals surface area (Å²) in [4.78, 5) is 33.5. The Morgan fingerprint density at radius 1 is 1.02 bits per heavy atom. The molecule has 2 amide bonds. The van der Waals surface area contributed by atoms with Crippen LogP contribution in [0.2, 0.25) is 6.32 Å². The predicted molar refractivity (Wildman–Crippen MR) is 163 cm³/mol. The lowest BCUT2D eigenvalue weighted by atomic mass is 9.57. The Morgan fingerprint density at radius 2 is 1.76 bits per heavy atom. The number of anilines is 1. The van der Waals surface area contributed by atoms with Crippen LogP contribution in [-0.4, -0.2) is 40.2 Å². The average Bonchev–Trinajstić information content (AvgIpc) is 3.25. The average molecular weight is 562 g/mol. The molecule has 8 heteroatoms. The van der Waals surface area contributed by atoms with Crippen molar-refractivity contribution in [1.29, 1.82) is 0 Å². The molecular formula is C34H35BN2O5. The first-order valence-electron chi connectivity index (χ1n) is 14.7. The Labute approximate surface area is 246 Å². The molecule has 2 N–H and O–H groups in total. The maximum absolute atomic E-state index is 13.9. The maximum Gasteiger partial charge on any atom is 0.455 e. The number of imide groups is 1. The Morgan fingerprint density at radius 3 is 2.48 bits per heavy atom. The first kappa shape index (κ1) is 28.1. The Balaban J connectivity index is 1.34. The summed E-state index contributed by atoms with van der Waals surface area (Å²) in [6.07, 6.45) is 5.19. The lowest BCUT2D eigenvalue weighted by molar-refractivity contribution is -0.122. The first-order chi connectivity index (χ1) is 20.3. The van der Waals surface area contributed by atoms with E-state index in [-0.39, 0.29) is 35.7 Å². The molecule has 0 bridgehead atoms. The molecule has 3 heterocycles. The number of carbonyl (C=O) groups excluding carboxylic acids is 2. The molecule has 0 spiro atoms. The van der Waals surface area contributed by atoms with Gasteiger partial charge in [-0.05, 0) is 85.0 Å². The third-order valence-corrected chi connectivity index (χ3v) is 8.89. The van der Waals surface area contributed by atoms with Gasteiger partial charge in [-0.1, -0.05) is 61.9 Å². The van der Waals surface area contributed by atoms with Crippen LogP contribution in [0.4, 0.5) is 5.69 Å². The third-order valence-electron chi connectivity index (χ3n) is 8.89. The summed E-state index contributed by atoms with van der Waals surface area (Å²) in [5.74, 6) is -1.25. The number of para-hydroxylation sites is 2. The van der Waals surface area contributed by atoms with Crippen LogP contribution in [0.5, 0.6) is 5.75 Å². The second-order valence-corrected chi connectivity index (χ2v) is 11.7. The van der Waals surface area contributed by atoms with Gasteiger partial charge >= 0.3 is 7.12 Å². The Bertz CT molecular complexity index is 1540. The highest BCUT2D eigenvalue weighted by molar-refractivity contribution is 6.43. The van der Waals surface area contributed by atoms with E-state index in [1.807, 2.05) is 54.6 Å². The van der Waals surface area contributed by atoms with Crippen LogP contribution in [0.25, 0.3) is 11.6 Å². The maximum atomic E-state index is 13.9. The molecule has 4 atom stereocenters. The number of amides is 2. The van der Waals surface area contributed by atoms with Gasteiger partial charge < -0.3 is 14.8 Å². The third kappa shape index (κ3) is 5.21. The predicted octanol–water partition coefficient (Wildman–Crippen LogP) is 5.77. The zero-order chi connectivity index (χ0) is 29.4. The quantitative estimate of drug-likeness (QED) is 0.216. The van der Waals surface area contributed by atoms with Crippen LogP contribution < -0.4 is 4.90 Å². The molecule has 2 aromatic carbocycles. The van der Waals surface area contributed by atoms with Gasteiger partial charge in [0.05, 0.1) is 29.3 Å². The topological polar surface area (TPSA) is 100.0 Å². The van der Waals surface area contributed by atoms with Crippen LogP contribution in [-0.2, 0) is 14.2 Å². The molecular weight excluding hydrogens is 527 g/mol. The number of pyridine rings is 1. The Kier molecular flexibility index (Phi) is 7.84. The number of allylic oxidation sites excluding steroid dienone is 2. The molecule has 0 saturated carbocycles. The molecule has 42 heavy (non-hydrogen) atoms. The Hall–Kier alpha value is -4.01. The van der Waals surface area contributed by atoms with Crippen molar-refractivity contribution in [2.75, 3.05) is 4.90 Å². The van der Waals surface area contributed by atoms with Gasteiger partial charge in [-0.2, -0.15) is 0 Å². The molecule has 214 valence electrons. The minimum absolute atomic E-state index is 0.158. The highest BCUT2D eigenvalue weighted by atomic mass is 16.5. The van der Waals surface area contributed by atoms with Crippen LogP contribution >= 0.6 is 0 Å². The summed E-state index contributed by atoms with van der Waals surface area (Å²) in [5.41, 5.74) is 5.23. The smallest absolute Gasteiger partial charge is 0.455 e. The van der Waals surface area contributed by atoms with Crippen molar-refractivity contribution in [2.24, 2.45) is 23.7 Å². The molecule has 1 aliphatic carbocycles. The van der Waals surface area contributed by atoms with Crippen molar-refractivity contribution in [1.82, 2.24) is 4.98 Å². The van der Waals surface area contributed by atoms with E-state index < -0.39 is 25.1 Å². The number of fused-ring (bicyclic) bond motifs is 3. The van der Waals surface area contributed by atoms with Crippen LogP contribution in [0.1, 0.15) is 44.4 Å². The molecule has 0 unspecified atom stereocenters. The fourth-order valence-electron chi connectivity index (χ4n) is 6.99. The molecule has 3 aliphatic rings. The van der Waals surface area contributed by atoms with Crippen LogP contribution in [0.3, 0.4) is 0 Å². The van der Waals surface area contributed by atoms with E-state index in [4.69, 9.17) is 4.65 Å². The van der Waals surface area contributed by atoms with Crippen molar-refractivity contribution in [2.45, 2.75) is 45.5 Å². The number of phenols is 1. The molecule has 2 saturated heterocycles. The van der Waals surface area contributed by atoms with E-state index in [2.05, 4.69) is 18.8 Å². The number of nitrogens with zero attached hydrogens (tertiary/aromatic N) is 2. The monoisotopic (exact) mass is 562 g/mol. The van der Waals surface area contributed by atoms with Gasteiger partial charge in [0.25, 0.3) is 0 Å². The molecule has 2 fully saturated rings. The van der Waals surface area contributed by atoms with Crippen molar-refractivity contribution in [3.8, 4) is 5.75 Å². The zero-order valence-electron chi connectivity index (χ0n) is 23.9. The van der Waals surface area contributed by atoms with Crippen molar-refractivity contribution in [3.63, 3.8) is 0 Å². The van der Waals surface area contributed by atoms with E-state index in [1.54, 1.807) is 30.5 Å². The number of hydrogen-bond acceptors (Lipinski definition) is 6. The van der Waals surface area contributed by atoms with Crippen molar-refractivity contribution < 1.29 is 24.4 Å². The summed E-state index contributed by atoms with van der Waals surface area (Å²) in [6, 6.07) is 22.0. The standard InChI is InChI=1S/C34H35BN2O5/c1-21(2)25-19-26-32(34(40)37(33(26)39)24-11-4-3-5-12-24)27-20-35(41)42-30(31(25)27)16-15-22(28-13-8-9-17-36-28)18-23-10-6-7-14-29(23)38/h3-14,17-18,21,26-27,30,32,38,41H,15-16,19-20H2,1-2H3/b22-18-/t26-,27+,30-,32-/m1/s1. The summed E-state index contributed by atoms with van der Waals surface area (Å²) in [5, 5.41) is 21.4. The van der Waals surface area contributed by atoms with Gasteiger partial charge in [-0.3, -0.25) is 19.5 Å². The van der Waals surface area contributed by atoms with Crippen molar-refractivity contribution in [3.05, 3.63) is 101 Å². The SMILES string of the molecule is CC(C)C1=C2[C@@H](CC/C(=C/c3ccccc3O)c3ccccn3)OB(O)C[C@@H]2[C@@H]2C(=O)N(c3ccccc3)C(=O)[C@@H]2C1. The van der Waals surface area contributed by atoms with Crippen molar-refractivity contribution >= 4 is 36.3 Å². The molecule has 2 aliphatic heterocycles. The van der Waals surface area contributed by atoms with Crippen LogP contribution in [0, 0.1) is 23.7 Å². The molecule has 1 aromatic heterocycles. The van der Waals surface area contributed by atoms with Gasteiger partial charge in [0.15, 0.2) is 0 Å².